The molecular weight excluding hydrogens is 286 g/mol. The Morgan fingerprint density at radius 3 is 2.74 bits per heavy atom. The fraction of sp³-hybridized carbons (Fsp3) is 0.526. The zero-order valence-electron chi connectivity index (χ0n) is 14.1. The van der Waals surface area contributed by atoms with Gasteiger partial charge in [-0.2, -0.15) is 0 Å². The largest absolute Gasteiger partial charge is 0.361 e. The van der Waals surface area contributed by atoms with Gasteiger partial charge in [0.1, 0.15) is 0 Å². The summed E-state index contributed by atoms with van der Waals surface area (Å²) in [6, 6.07) is 8.08. The van der Waals surface area contributed by atoms with Crippen molar-refractivity contribution in [2.24, 2.45) is 11.7 Å². The molecule has 1 amide bonds. The summed E-state index contributed by atoms with van der Waals surface area (Å²) in [4.78, 5) is 17.8. The van der Waals surface area contributed by atoms with E-state index in [1.165, 1.54) is 16.5 Å². The van der Waals surface area contributed by atoms with Gasteiger partial charge < -0.3 is 15.6 Å². The number of aromatic nitrogens is 1. The molecule has 3 rings (SSSR count). The van der Waals surface area contributed by atoms with Gasteiger partial charge in [0.15, 0.2) is 0 Å². The number of nitrogens with zero attached hydrogens (tertiary/aromatic N) is 1. The zero-order chi connectivity index (χ0) is 16.4. The van der Waals surface area contributed by atoms with Crippen molar-refractivity contribution in [3.05, 3.63) is 36.0 Å². The molecule has 1 saturated heterocycles. The van der Waals surface area contributed by atoms with Gasteiger partial charge in [0.25, 0.3) is 0 Å². The summed E-state index contributed by atoms with van der Waals surface area (Å²) >= 11 is 0. The van der Waals surface area contributed by atoms with Crippen molar-refractivity contribution in [2.45, 2.75) is 45.1 Å². The SMILES string of the molecule is CCC(C)C(N)C(=O)N1CCC(c2c[nH]c3ccccc23)CC1. The van der Waals surface area contributed by atoms with E-state index in [2.05, 4.69) is 49.3 Å². The highest BCUT2D eigenvalue weighted by Crippen LogP contribution is 2.33. The molecule has 1 aromatic carbocycles. The highest BCUT2D eigenvalue weighted by Gasteiger charge is 2.29. The molecule has 3 N–H and O–H groups in total. The number of likely N-dealkylation sites (tertiary alicyclic amines) is 1. The third-order valence-corrected chi connectivity index (χ3v) is 5.41. The lowest BCUT2D eigenvalue weighted by atomic mass is 9.88. The monoisotopic (exact) mass is 313 g/mol. The maximum atomic E-state index is 12.5. The molecule has 0 saturated carbocycles. The third-order valence-electron chi connectivity index (χ3n) is 5.41. The van der Waals surface area contributed by atoms with Crippen LogP contribution < -0.4 is 5.73 Å². The van der Waals surface area contributed by atoms with Crippen LogP contribution in [0.3, 0.4) is 0 Å². The van der Waals surface area contributed by atoms with Gasteiger partial charge in [0.2, 0.25) is 5.91 Å². The van der Waals surface area contributed by atoms with Crippen LogP contribution in [0.2, 0.25) is 0 Å². The summed E-state index contributed by atoms with van der Waals surface area (Å²) < 4.78 is 0. The minimum atomic E-state index is -0.357. The van der Waals surface area contributed by atoms with Crippen LogP contribution in [-0.2, 0) is 4.79 Å². The normalized spacial score (nSPS) is 19.0. The molecule has 4 heteroatoms. The first-order chi connectivity index (χ1) is 11.1. The number of para-hydroxylation sites is 1. The average Bonchev–Trinajstić information content (AvgIpc) is 3.04. The van der Waals surface area contributed by atoms with E-state index in [1.54, 1.807) is 0 Å². The van der Waals surface area contributed by atoms with Gasteiger partial charge in [-0.15, -0.1) is 0 Å². The second-order valence-corrected chi connectivity index (χ2v) is 6.80. The van der Waals surface area contributed by atoms with E-state index in [4.69, 9.17) is 5.73 Å². The molecule has 23 heavy (non-hydrogen) atoms. The molecule has 0 spiro atoms. The molecule has 2 unspecified atom stereocenters. The highest BCUT2D eigenvalue weighted by molar-refractivity contribution is 5.84. The Kier molecular flexibility index (Phi) is 4.71. The molecule has 0 radical (unpaired) electrons. The number of nitrogens with two attached hydrogens (primary N) is 1. The molecule has 0 aliphatic carbocycles. The minimum Gasteiger partial charge on any atom is -0.361 e. The fourth-order valence-corrected chi connectivity index (χ4v) is 3.55. The number of aromatic amines is 1. The van der Waals surface area contributed by atoms with Crippen molar-refractivity contribution in [3.63, 3.8) is 0 Å². The Hall–Kier alpha value is -1.81. The molecule has 1 aliphatic heterocycles. The summed E-state index contributed by atoms with van der Waals surface area (Å²) in [7, 11) is 0. The topological polar surface area (TPSA) is 62.1 Å². The molecule has 124 valence electrons. The fourth-order valence-electron chi connectivity index (χ4n) is 3.55. The van der Waals surface area contributed by atoms with Crippen LogP contribution in [0.1, 0.15) is 44.6 Å². The van der Waals surface area contributed by atoms with E-state index in [1.807, 2.05) is 4.90 Å². The van der Waals surface area contributed by atoms with Crippen LogP contribution in [0, 0.1) is 5.92 Å². The molecule has 2 atom stereocenters. The Bertz CT molecular complexity index is 670. The summed E-state index contributed by atoms with van der Waals surface area (Å²) in [6.07, 6.45) is 5.11. The van der Waals surface area contributed by atoms with Crippen molar-refractivity contribution in [2.75, 3.05) is 13.1 Å². The Labute approximate surface area is 138 Å². The Morgan fingerprint density at radius 1 is 1.35 bits per heavy atom. The molecule has 4 nitrogen and oxygen atoms in total. The Morgan fingerprint density at radius 2 is 2.04 bits per heavy atom. The smallest absolute Gasteiger partial charge is 0.239 e. The summed E-state index contributed by atoms with van der Waals surface area (Å²) in [5.41, 5.74) is 8.69. The molecule has 1 fully saturated rings. The number of H-pyrrole nitrogens is 1. The van der Waals surface area contributed by atoms with E-state index >= 15 is 0 Å². The van der Waals surface area contributed by atoms with Crippen molar-refractivity contribution >= 4 is 16.8 Å². The van der Waals surface area contributed by atoms with E-state index in [-0.39, 0.29) is 17.9 Å². The first kappa shape index (κ1) is 16.1. The number of piperidine rings is 1. The highest BCUT2D eigenvalue weighted by atomic mass is 16.2. The molecule has 1 aliphatic rings. The van der Waals surface area contributed by atoms with Crippen molar-refractivity contribution < 1.29 is 4.79 Å². The Balaban J connectivity index is 1.66. The van der Waals surface area contributed by atoms with Crippen LogP contribution in [-0.4, -0.2) is 34.9 Å². The molecule has 1 aromatic heterocycles. The number of amides is 1. The van der Waals surface area contributed by atoms with Crippen LogP contribution in [0.5, 0.6) is 0 Å². The van der Waals surface area contributed by atoms with Crippen molar-refractivity contribution in [3.8, 4) is 0 Å². The van der Waals surface area contributed by atoms with E-state index < -0.39 is 0 Å². The van der Waals surface area contributed by atoms with Crippen molar-refractivity contribution in [1.82, 2.24) is 9.88 Å². The van der Waals surface area contributed by atoms with E-state index in [0.29, 0.717) is 5.92 Å². The number of nitrogens with one attached hydrogen (secondary N) is 1. The van der Waals surface area contributed by atoms with Gasteiger partial charge >= 0.3 is 0 Å². The van der Waals surface area contributed by atoms with Crippen LogP contribution in [0.15, 0.2) is 30.5 Å². The predicted octanol–water partition coefficient (Wildman–Crippen LogP) is 3.25. The second kappa shape index (κ2) is 6.75. The zero-order valence-corrected chi connectivity index (χ0v) is 14.1. The summed E-state index contributed by atoms with van der Waals surface area (Å²) in [5.74, 6) is 0.889. The van der Waals surface area contributed by atoms with E-state index in [9.17, 15) is 4.79 Å². The van der Waals surface area contributed by atoms with Crippen LogP contribution in [0.4, 0.5) is 0 Å². The van der Waals surface area contributed by atoms with Crippen LogP contribution >= 0.6 is 0 Å². The first-order valence-electron chi connectivity index (χ1n) is 8.72. The number of hydrogen-bond acceptors (Lipinski definition) is 2. The number of benzene rings is 1. The predicted molar refractivity (Wildman–Crippen MR) is 94.3 cm³/mol. The average molecular weight is 313 g/mol. The lowest BCUT2D eigenvalue weighted by molar-refractivity contribution is -0.134. The molecule has 2 aromatic rings. The van der Waals surface area contributed by atoms with Crippen molar-refractivity contribution in [1.29, 1.82) is 0 Å². The maximum absolute atomic E-state index is 12.5. The summed E-state index contributed by atoms with van der Waals surface area (Å²) in [5, 5.41) is 1.31. The maximum Gasteiger partial charge on any atom is 0.239 e. The van der Waals surface area contributed by atoms with Gasteiger partial charge in [-0.3, -0.25) is 4.79 Å². The lowest BCUT2D eigenvalue weighted by Crippen LogP contribution is -2.49. The van der Waals surface area contributed by atoms with Gasteiger partial charge in [0.05, 0.1) is 6.04 Å². The quantitative estimate of drug-likeness (QED) is 0.910. The number of fused-ring (bicyclic) bond motifs is 1. The van der Waals surface area contributed by atoms with Gasteiger partial charge in [-0.1, -0.05) is 38.5 Å². The number of carbonyl (C=O) groups excluding carboxylic acids is 1. The number of rotatable bonds is 4. The van der Waals surface area contributed by atoms with Gasteiger partial charge in [-0.25, -0.2) is 0 Å². The van der Waals surface area contributed by atoms with Crippen LogP contribution in [0.25, 0.3) is 10.9 Å². The third kappa shape index (κ3) is 3.13. The molecule has 2 heterocycles. The molecular formula is C19H27N3O. The minimum absolute atomic E-state index is 0.122. The second-order valence-electron chi connectivity index (χ2n) is 6.80. The number of hydrogen-bond donors (Lipinski definition) is 2. The number of carbonyl (C=O) groups is 1. The standard InChI is InChI=1S/C19H27N3O/c1-3-13(2)18(20)19(23)22-10-8-14(9-11-22)16-12-21-17-7-5-4-6-15(16)17/h4-7,12-14,18,21H,3,8-11,20H2,1-2H3. The molecule has 0 bridgehead atoms. The van der Waals surface area contributed by atoms with Gasteiger partial charge in [0, 0.05) is 30.2 Å². The summed E-state index contributed by atoms with van der Waals surface area (Å²) in [6.45, 7) is 5.77. The first-order valence-corrected chi connectivity index (χ1v) is 8.72. The lowest BCUT2D eigenvalue weighted by Gasteiger charge is -2.34. The van der Waals surface area contributed by atoms with Gasteiger partial charge in [-0.05, 0) is 36.3 Å². The van der Waals surface area contributed by atoms with E-state index in [0.717, 1.165) is 32.4 Å².